The zero-order chi connectivity index (χ0) is 10.2. The summed E-state index contributed by atoms with van der Waals surface area (Å²) in [5.74, 6) is 0. The number of aryl methyl sites for hydroxylation is 1. The maximum Gasteiger partial charge on any atom is 0.108 e. The normalized spacial score (nSPS) is 25.2. The van der Waals surface area contributed by atoms with Crippen LogP contribution in [0.2, 0.25) is 0 Å². The third-order valence-electron chi connectivity index (χ3n) is 2.74. The van der Waals surface area contributed by atoms with Gasteiger partial charge in [0.1, 0.15) is 5.54 Å². The topological polar surface area (TPSA) is 49.8 Å². The quantitative estimate of drug-likeness (QED) is 0.768. The molecule has 0 heterocycles. The fraction of sp³-hybridized carbons (Fsp3) is 0.364. The van der Waals surface area contributed by atoms with Crippen LogP contribution in [0.5, 0.6) is 0 Å². The molecular weight excluding hydrogens is 240 g/mol. The number of nitriles is 1. The highest BCUT2D eigenvalue weighted by Crippen LogP contribution is 2.28. The minimum atomic E-state index is -0.659. The van der Waals surface area contributed by atoms with Crippen LogP contribution >= 0.6 is 15.9 Å². The van der Waals surface area contributed by atoms with E-state index in [1.54, 1.807) is 0 Å². The lowest BCUT2D eigenvalue weighted by molar-refractivity contribution is 0.470. The minimum absolute atomic E-state index is 0.659. The van der Waals surface area contributed by atoms with Gasteiger partial charge in [0, 0.05) is 10.9 Å². The number of hydrogen-bond donors (Lipinski definition) is 1. The van der Waals surface area contributed by atoms with Gasteiger partial charge in [-0.25, -0.2) is 0 Å². The van der Waals surface area contributed by atoms with Crippen molar-refractivity contribution in [2.75, 3.05) is 0 Å². The van der Waals surface area contributed by atoms with Crippen molar-refractivity contribution >= 4 is 15.9 Å². The molecule has 0 spiro atoms. The van der Waals surface area contributed by atoms with Gasteiger partial charge in [-0.15, -0.1) is 0 Å². The van der Waals surface area contributed by atoms with E-state index in [-0.39, 0.29) is 0 Å². The van der Waals surface area contributed by atoms with Gasteiger partial charge in [0.05, 0.1) is 6.07 Å². The van der Waals surface area contributed by atoms with Crippen molar-refractivity contribution in [1.82, 2.24) is 0 Å². The standard InChI is InChI=1S/C11H11BrN2/c12-10-2-1-8-3-4-11(14,7-13)6-9(8)5-10/h1-2,5H,3-4,6,14H2/t11-/m0/s1. The highest BCUT2D eigenvalue weighted by Gasteiger charge is 2.30. The van der Waals surface area contributed by atoms with Crippen LogP contribution in [0, 0.1) is 11.3 Å². The second-order valence-corrected chi connectivity index (χ2v) is 4.77. The molecule has 72 valence electrons. The van der Waals surface area contributed by atoms with Crippen molar-refractivity contribution in [3.8, 4) is 6.07 Å². The highest BCUT2D eigenvalue weighted by molar-refractivity contribution is 9.10. The minimum Gasteiger partial charge on any atom is -0.313 e. The third-order valence-corrected chi connectivity index (χ3v) is 3.23. The second-order valence-electron chi connectivity index (χ2n) is 3.86. The average molecular weight is 251 g/mol. The number of rotatable bonds is 0. The Labute approximate surface area is 91.9 Å². The molecule has 3 heteroatoms. The monoisotopic (exact) mass is 250 g/mol. The highest BCUT2D eigenvalue weighted by atomic mass is 79.9. The number of nitrogens with zero attached hydrogens (tertiary/aromatic N) is 1. The number of nitrogens with two attached hydrogens (primary N) is 1. The summed E-state index contributed by atoms with van der Waals surface area (Å²) in [6.45, 7) is 0. The van der Waals surface area contributed by atoms with Crippen molar-refractivity contribution in [2.24, 2.45) is 5.73 Å². The van der Waals surface area contributed by atoms with E-state index in [1.807, 2.05) is 6.07 Å². The van der Waals surface area contributed by atoms with Crippen LogP contribution in [0.1, 0.15) is 17.5 Å². The van der Waals surface area contributed by atoms with Gasteiger partial charge < -0.3 is 5.73 Å². The van der Waals surface area contributed by atoms with Gasteiger partial charge >= 0.3 is 0 Å². The fourth-order valence-corrected chi connectivity index (χ4v) is 2.29. The summed E-state index contributed by atoms with van der Waals surface area (Å²) < 4.78 is 1.05. The molecule has 2 rings (SSSR count). The molecule has 2 N–H and O–H groups in total. The maximum atomic E-state index is 8.96. The van der Waals surface area contributed by atoms with E-state index >= 15 is 0 Å². The van der Waals surface area contributed by atoms with E-state index < -0.39 is 5.54 Å². The van der Waals surface area contributed by atoms with Crippen LogP contribution < -0.4 is 5.73 Å². The number of halogens is 1. The Morgan fingerprint density at radius 3 is 2.93 bits per heavy atom. The van der Waals surface area contributed by atoms with Crippen molar-refractivity contribution in [3.05, 3.63) is 33.8 Å². The summed E-state index contributed by atoms with van der Waals surface area (Å²) in [5.41, 5.74) is 7.81. The summed E-state index contributed by atoms with van der Waals surface area (Å²) >= 11 is 3.43. The van der Waals surface area contributed by atoms with Gasteiger partial charge in [-0.05, 0) is 36.1 Å². The summed E-state index contributed by atoms with van der Waals surface area (Å²) in [5, 5.41) is 8.96. The van der Waals surface area contributed by atoms with Gasteiger partial charge in [-0.2, -0.15) is 5.26 Å². The van der Waals surface area contributed by atoms with E-state index in [0.29, 0.717) is 6.42 Å². The summed E-state index contributed by atoms with van der Waals surface area (Å²) in [4.78, 5) is 0. The average Bonchev–Trinajstić information content (AvgIpc) is 2.17. The van der Waals surface area contributed by atoms with Crippen LogP contribution in [-0.4, -0.2) is 5.54 Å². The Balaban J connectivity index is 2.39. The van der Waals surface area contributed by atoms with Crippen LogP contribution in [-0.2, 0) is 12.8 Å². The van der Waals surface area contributed by atoms with Crippen molar-refractivity contribution < 1.29 is 0 Å². The molecule has 1 aromatic rings. The molecule has 1 aliphatic carbocycles. The Morgan fingerprint density at radius 2 is 2.21 bits per heavy atom. The molecule has 0 aromatic heterocycles. The Hall–Kier alpha value is -0.850. The Bertz CT molecular complexity index is 408. The zero-order valence-corrected chi connectivity index (χ0v) is 9.34. The van der Waals surface area contributed by atoms with Crippen LogP contribution in [0.4, 0.5) is 0 Å². The zero-order valence-electron chi connectivity index (χ0n) is 7.76. The molecule has 0 fully saturated rings. The first-order valence-corrected chi connectivity index (χ1v) is 5.40. The van der Waals surface area contributed by atoms with Crippen molar-refractivity contribution in [1.29, 1.82) is 5.26 Å². The largest absolute Gasteiger partial charge is 0.313 e. The molecule has 14 heavy (non-hydrogen) atoms. The number of hydrogen-bond acceptors (Lipinski definition) is 2. The van der Waals surface area contributed by atoms with Crippen molar-refractivity contribution in [3.63, 3.8) is 0 Å². The lowest BCUT2D eigenvalue weighted by Crippen LogP contribution is -2.43. The molecule has 0 amide bonds. The molecule has 1 aromatic carbocycles. The van der Waals surface area contributed by atoms with E-state index in [1.165, 1.54) is 11.1 Å². The molecule has 0 unspecified atom stereocenters. The van der Waals surface area contributed by atoms with E-state index in [0.717, 1.165) is 17.3 Å². The summed E-state index contributed by atoms with van der Waals surface area (Å²) in [7, 11) is 0. The first-order valence-electron chi connectivity index (χ1n) is 4.60. The molecular formula is C11H11BrN2. The van der Waals surface area contributed by atoms with Crippen LogP contribution in [0.25, 0.3) is 0 Å². The molecule has 0 bridgehead atoms. The molecule has 0 aliphatic heterocycles. The maximum absolute atomic E-state index is 8.96. The predicted molar refractivity (Wildman–Crippen MR) is 58.7 cm³/mol. The third kappa shape index (κ3) is 1.68. The van der Waals surface area contributed by atoms with E-state index in [4.69, 9.17) is 11.0 Å². The van der Waals surface area contributed by atoms with E-state index in [9.17, 15) is 0 Å². The van der Waals surface area contributed by atoms with Gasteiger partial charge in [0.15, 0.2) is 0 Å². The summed E-state index contributed by atoms with van der Waals surface area (Å²) in [6.07, 6.45) is 2.34. The summed E-state index contributed by atoms with van der Waals surface area (Å²) in [6, 6.07) is 8.41. The molecule has 0 saturated heterocycles. The smallest absolute Gasteiger partial charge is 0.108 e. The van der Waals surface area contributed by atoms with Crippen LogP contribution in [0.15, 0.2) is 22.7 Å². The van der Waals surface area contributed by atoms with Crippen LogP contribution in [0.3, 0.4) is 0 Å². The lowest BCUT2D eigenvalue weighted by Gasteiger charge is -2.28. The molecule has 1 atom stereocenters. The second kappa shape index (κ2) is 3.38. The molecule has 0 saturated carbocycles. The van der Waals surface area contributed by atoms with Gasteiger partial charge in [0.25, 0.3) is 0 Å². The molecule has 1 aliphatic rings. The fourth-order valence-electron chi connectivity index (χ4n) is 1.88. The first kappa shape index (κ1) is 9.70. The number of benzene rings is 1. The molecule has 2 nitrogen and oxygen atoms in total. The lowest BCUT2D eigenvalue weighted by atomic mass is 9.80. The SMILES string of the molecule is N#C[C@]1(N)CCc2ccc(Br)cc2C1. The predicted octanol–water partition coefficient (Wildman–Crippen LogP) is 2.16. The molecule has 0 radical (unpaired) electrons. The number of fused-ring (bicyclic) bond motifs is 1. The van der Waals surface area contributed by atoms with Gasteiger partial charge in [-0.3, -0.25) is 0 Å². The van der Waals surface area contributed by atoms with Gasteiger partial charge in [-0.1, -0.05) is 22.0 Å². The Kier molecular flexibility index (Phi) is 2.34. The van der Waals surface area contributed by atoms with Gasteiger partial charge in [0.2, 0.25) is 0 Å². The van der Waals surface area contributed by atoms with E-state index in [2.05, 4.69) is 34.1 Å². The first-order chi connectivity index (χ1) is 6.63. The van der Waals surface area contributed by atoms with Crippen molar-refractivity contribution in [2.45, 2.75) is 24.8 Å². The Morgan fingerprint density at radius 1 is 1.43 bits per heavy atom.